The molecule has 0 aromatic carbocycles. The van der Waals surface area contributed by atoms with E-state index in [1.165, 1.54) is 25.2 Å². The standard InChI is InChI=1S/C14H11N7/c1-15-12-6-18-13(7-17-12)21-11-4-9-10(5-16-11)20-14(19-9)8-2-3-8/h4-8H,2-3H2,(H,19,20)(H,16,18,21). The molecule has 4 rings (SSSR count). The van der Waals surface area contributed by atoms with Crippen molar-refractivity contribution in [3.05, 3.63) is 41.9 Å². The van der Waals surface area contributed by atoms with Gasteiger partial charge in [0.1, 0.15) is 17.2 Å². The van der Waals surface area contributed by atoms with E-state index in [1.807, 2.05) is 6.07 Å². The molecule has 0 bridgehead atoms. The topological polar surface area (TPSA) is 83.7 Å². The van der Waals surface area contributed by atoms with E-state index in [4.69, 9.17) is 6.57 Å². The van der Waals surface area contributed by atoms with Crippen molar-refractivity contribution in [1.82, 2.24) is 24.9 Å². The third-order valence-corrected chi connectivity index (χ3v) is 3.36. The fraction of sp³-hybridized carbons (Fsp3) is 0.214. The molecule has 0 spiro atoms. The smallest absolute Gasteiger partial charge is 0.288 e. The molecule has 7 nitrogen and oxygen atoms in total. The molecule has 3 aromatic heterocycles. The zero-order chi connectivity index (χ0) is 14.2. The maximum atomic E-state index is 6.85. The van der Waals surface area contributed by atoms with E-state index in [0.29, 0.717) is 17.6 Å². The Kier molecular flexibility index (Phi) is 2.54. The highest BCUT2D eigenvalue weighted by atomic mass is 15.1. The quantitative estimate of drug-likeness (QED) is 0.719. The van der Waals surface area contributed by atoms with E-state index >= 15 is 0 Å². The van der Waals surface area contributed by atoms with E-state index in [2.05, 4.69) is 35.1 Å². The molecule has 2 N–H and O–H groups in total. The number of hydrogen-bond donors (Lipinski definition) is 2. The highest BCUT2D eigenvalue weighted by Crippen LogP contribution is 2.39. The van der Waals surface area contributed by atoms with Gasteiger partial charge in [0.25, 0.3) is 5.82 Å². The molecule has 0 unspecified atom stereocenters. The van der Waals surface area contributed by atoms with Crippen LogP contribution in [-0.2, 0) is 0 Å². The molecule has 0 radical (unpaired) electrons. The third-order valence-electron chi connectivity index (χ3n) is 3.36. The molecule has 7 heteroatoms. The molecule has 1 aliphatic rings. The zero-order valence-electron chi connectivity index (χ0n) is 11.0. The van der Waals surface area contributed by atoms with Crippen LogP contribution in [0.3, 0.4) is 0 Å². The molecule has 0 atom stereocenters. The van der Waals surface area contributed by atoms with Gasteiger partial charge in [0, 0.05) is 12.0 Å². The number of nitrogens with one attached hydrogen (secondary N) is 2. The van der Waals surface area contributed by atoms with Gasteiger partial charge in [-0.2, -0.15) is 0 Å². The molecule has 0 amide bonds. The van der Waals surface area contributed by atoms with Crippen LogP contribution in [-0.4, -0.2) is 24.9 Å². The number of fused-ring (bicyclic) bond motifs is 1. The van der Waals surface area contributed by atoms with E-state index in [0.717, 1.165) is 16.9 Å². The highest BCUT2D eigenvalue weighted by Gasteiger charge is 2.26. The molecule has 3 aromatic rings. The molecule has 21 heavy (non-hydrogen) atoms. The summed E-state index contributed by atoms with van der Waals surface area (Å²) >= 11 is 0. The summed E-state index contributed by atoms with van der Waals surface area (Å²) in [5.74, 6) is 3.12. The lowest BCUT2D eigenvalue weighted by Gasteiger charge is -2.02. The van der Waals surface area contributed by atoms with Crippen LogP contribution in [0.15, 0.2) is 24.7 Å². The third kappa shape index (κ3) is 2.27. The van der Waals surface area contributed by atoms with Crippen LogP contribution in [0, 0.1) is 6.57 Å². The van der Waals surface area contributed by atoms with Crippen LogP contribution in [0.25, 0.3) is 15.9 Å². The summed E-state index contributed by atoms with van der Waals surface area (Å²) in [5, 5.41) is 3.07. The van der Waals surface area contributed by atoms with Crippen LogP contribution < -0.4 is 5.32 Å². The summed E-state index contributed by atoms with van der Waals surface area (Å²) in [6.07, 6.45) is 7.10. The number of aromatic nitrogens is 5. The number of pyridine rings is 1. The first kappa shape index (κ1) is 11.8. The second-order valence-corrected chi connectivity index (χ2v) is 4.98. The van der Waals surface area contributed by atoms with Gasteiger partial charge in [0.2, 0.25) is 0 Å². The van der Waals surface area contributed by atoms with Gasteiger partial charge in [-0.3, -0.25) is 0 Å². The Labute approximate surface area is 120 Å². The number of rotatable bonds is 3. The molecule has 102 valence electrons. The summed E-state index contributed by atoms with van der Waals surface area (Å²) < 4.78 is 0. The van der Waals surface area contributed by atoms with E-state index in [-0.39, 0.29) is 5.82 Å². The Bertz CT molecular complexity index is 840. The van der Waals surface area contributed by atoms with Crippen LogP contribution in [0.2, 0.25) is 0 Å². The predicted molar refractivity (Wildman–Crippen MR) is 77.4 cm³/mol. The van der Waals surface area contributed by atoms with Gasteiger partial charge >= 0.3 is 0 Å². The van der Waals surface area contributed by atoms with Gasteiger partial charge in [-0.15, -0.1) is 4.98 Å². The summed E-state index contributed by atoms with van der Waals surface area (Å²) in [4.78, 5) is 23.5. The van der Waals surface area contributed by atoms with Gasteiger partial charge < -0.3 is 15.1 Å². The maximum Gasteiger partial charge on any atom is 0.288 e. The van der Waals surface area contributed by atoms with Crippen LogP contribution in [0.1, 0.15) is 24.6 Å². The number of anilines is 2. The number of aromatic amines is 1. The zero-order valence-corrected chi connectivity index (χ0v) is 11.0. The first-order chi connectivity index (χ1) is 10.3. The first-order valence-electron chi connectivity index (χ1n) is 6.64. The summed E-state index contributed by atoms with van der Waals surface area (Å²) in [6, 6.07) is 1.90. The molecule has 0 saturated heterocycles. The lowest BCUT2D eigenvalue weighted by Crippen LogP contribution is -1.96. The molecular formula is C14H11N7. The fourth-order valence-electron chi connectivity index (χ4n) is 2.13. The summed E-state index contributed by atoms with van der Waals surface area (Å²) in [7, 11) is 0. The maximum absolute atomic E-state index is 6.85. The van der Waals surface area contributed by atoms with E-state index < -0.39 is 0 Å². The second-order valence-electron chi connectivity index (χ2n) is 4.98. The Hall–Kier alpha value is -3.01. The molecule has 1 saturated carbocycles. The van der Waals surface area contributed by atoms with E-state index in [9.17, 15) is 0 Å². The Morgan fingerprint density at radius 1 is 1.14 bits per heavy atom. The van der Waals surface area contributed by atoms with Gasteiger partial charge in [0.05, 0.1) is 17.9 Å². The van der Waals surface area contributed by atoms with Crippen LogP contribution in [0.5, 0.6) is 0 Å². The SMILES string of the molecule is [C-]#[N+]c1cnc(Nc2cc3[nH]c(C4CC4)nc3cn2)cn1. The van der Waals surface area contributed by atoms with Crippen molar-refractivity contribution < 1.29 is 0 Å². The largest absolute Gasteiger partial charge is 0.359 e. The van der Waals surface area contributed by atoms with Crippen molar-refractivity contribution in [1.29, 1.82) is 0 Å². The minimum absolute atomic E-state index is 0.270. The van der Waals surface area contributed by atoms with Crippen molar-refractivity contribution in [3.8, 4) is 0 Å². The number of H-pyrrole nitrogens is 1. The van der Waals surface area contributed by atoms with Crippen LogP contribution >= 0.6 is 0 Å². The minimum Gasteiger partial charge on any atom is -0.359 e. The average Bonchev–Trinajstić information content (AvgIpc) is 3.28. The summed E-state index contributed by atoms with van der Waals surface area (Å²) in [5.41, 5.74) is 1.83. The Morgan fingerprint density at radius 3 is 2.71 bits per heavy atom. The fourth-order valence-corrected chi connectivity index (χ4v) is 2.13. The Balaban J connectivity index is 1.61. The number of nitrogens with zero attached hydrogens (tertiary/aromatic N) is 5. The second kappa shape index (κ2) is 4.52. The number of hydrogen-bond acceptors (Lipinski definition) is 5. The monoisotopic (exact) mass is 277 g/mol. The summed E-state index contributed by atoms with van der Waals surface area (Å²) in [6.45, 7) is 6.85. The molecule has 0 aliphatic heterocycles. The predicted octanol–water partition coefficient (Wildman–Crippen LogP) is 2.92. The normalized spacial score (nSPS) is 14.0. The van der Waals surface area contributed by atoms with E-state index in [1.54, 1.807) is 6.20 Å². The minimum atomic E-state index is 0.270. The highest BCUT2D eigenvalue weighted by molar-refractivity contribution is 5.78. The molecular weight excluding hydrogens is 266 g/mol. The Morgan fingerprint density at radius 2 is 2.00 bits per heavy atom. The van der Waals surface area contributed by atoms with Crippen molar-refractivity contribution in [2.75, 3.05) is 5.32 Å². The van der Waals surface area contributed by atoms with Gasteiger partial charge in [-0.1, -0.05) is 6.57 Å². The first-order valence-corrected chi connectivity index (χ1v) is 6.64. The average molecular weight is 277 g/mol. The van der Waals surface area contributed by atoms with Gasteiger partial charge in [0.15, 0.2) is 12.0 Å². The van der Waals surface area contributed by atoms with Crippen molar-refractivity contribution in [2.45, 2.75) is 18.8 Å². The molecule has 1 fully saturated rings. The van der Waals surface area contributed by atoms with Crippen molar-refractivity contribution >= 4 is 28.5 Å². The van der Waals surface area contributed by atoms with Crippen LogP contribution in [0.4, 0.5) is 17.5 Å². The molecule has 3 heterocycles. The van der Waals surface area contributed by atoms with Gasteiger partial charge in [-0.25, -0.2) is 15.0 Å². The number of imidazole rings is 1. The lowest BCUT2D eigenvalue weighted by atomic mass is 10.4. The van der Waals surface area contributed by atoms with Gasteiger partial charge in [-0.05, 0) is 12.8 Å². The molecule has 1 aliphatic carbocycles. The van der Waals surface area contributed by atoms with Crippen molar-refractivity contribution in [2.24, 2.45) is 0 Å². The lowest BCUT2D eigenvalue weighted by molar-refractivity contribution is 0.986. The van der Waals surface area contributed by atoms with Crippen molar-refractivity contribution in [3.63, 3.8) is 0 Å².